The molecule has 0 atom stereocenters. The fourth-order valence-electron chi connectivity index (χ4n) is 2.24. The molecule has 1 aromatic rings. The molecule has 1 aliphatic heterocycles. The van der Waals surface area contributed by atoms with Gasteiger partial charge in [0.05, 0.1) is 5.69 Å². The summed E-state index contributed by atoms with van der Waals surface area (Å²) in [6.45, 7) is 1.83. The first kappa shape index (κ1) is 9.09. The Bertz CT molecular complexity index is 384. The maximum Gasteiger partial charge on any atom is 0.134 e. The molecule has 2 heterocycles. The fraction of sp³-hybridized carbons (Fsp3) is 0.636. The van der Waals surface area contributed by atoms with Gasteiger partial charge in [-0.05, 0) is 12.8 Å². The molecule has 1 aliphatic carbocycles. The largest absolute Gasteiger partial charge is 0.383 e. The number of aromatic nitrogens is 2. The van der Waals surface area contributed by atoms with Gasteiger partial charge >= 0.3 is 0 Å². The molecule has 0 amide bonds. The Kier molecular flexibility index (Phi) is 2.09. The van der Waals surface area contributed by atoms with Crippen molar-refractivity contribution in [3.63, 3.8) is 0 Å². The van der Waals surface area contributed by atoms with Crippen molar-refractivity contribution in [3.8, 4) is 0 Å². The van der Waals surface area contributed by atoms with Crippen molar-refractivity contribution in [3.05, 3.63) is 17.1 Å². The van der Waals surface area contributed by atoms with Crippen LogP contribution in [0.5, 0.6) is 0 Å². The maximum atomic E-state index is 5.97. The molecule has 1 aromatic heterocycles. The van der Waals surface area contributed by atoms with Crippen LogP contribution in [0, 0.1) is 0 Å². The molecular formula is C11H16N4. The Morgan fingerprint density at radius 3 is 2.87 bits per heavy atom. The molecule has 0 spiro atoms. The van der Waals surface area contributed by atoms with Crippen molar-refractivity contribution in [2.75, 3.05) is 12.3 Å². The van der Waals surface area contributed by atoms with Gasteiger partial charge in [-0.15, -0.1) is 0 Å². The van der Waals surface area contributed by atoms with E-state index in [1.165, 1.54) is 25.0 Å². The van der Waals surface area contributed by atoms with E-state index in [4.69, 9.17) is 5.73 Å². The number of anilines is 1. The van der Waals surface area contributed by atoms with E-state index in [1.807, 2.05) is 0 Å². The predicted octanol–water partition coefficient (Wildman–Crippen LogP) is 0.972. The Balaban J connectivity index is 2.00. The summed E-state index contributed by atoms with van der Waals surface area (Å²) in [6.07, 6.45) is 4.77. The van der Waals surface area contributed by atoms with Gasteiger partial charge in [0.1, 0.15) is 11.6 Å². The highest BCUT2D eigenvalue weighted by atomic mass is 15.0. The number of nitrogens with zero attached hydrogens (tertiary/aromatic N) is 2. The van der Waals surface area contributed by atoms with Crippen LogP contribution in [0.2, 0.25) is 0 Å². The molecule has 15 heavy (non-hydrogen) atoms. The lowest BCUT2D eigenvalue weighted by molar-refractivity contribution is 0.399. The highest BCUT2D eigenvalue weighted by Crippen LogP contribution is 2.35. The topological polar surface area (TPSA) is 63.8 Å². The monoisotopic (exact) mass is 204 g/mol. The molecule has 80 valence electrons. The smallest absolute Gasteiger partial charge is 0.134 e. The van der Waals surface area contributed by atoms with E-state index in [1.54, 1.807) is 0 Å². The van der Waals surface area contributed by atoms with Crippen molar-refractivity contribution in [2.24, 2.45) is 0 Å². The lowest BCUT2D eigenvalue weighted by Gasteiger charge is -2.26. The van der Waals surface area contributed by atoms with Gasteiger partial charge in [0.25, 0.3) is 0 Å². The number of hydrogen-bond acceptors (Lipinski definition) is 4. The number of hydrogen-bond donors (Lipinski definition) is 2. The van der Waals surface area contributed by atoms with Crippen LogP contribution in [0.15, 0.2) is 0 Å². The van der Waals surface area contributed by atoms with Gasteiger partial charge < -0.3 is 11.1 Å². The molecule has 4 nitrogen and oxygen atoms in total. The summed E-state index contributed by atoms with van der Waals surface area (Å²) < 4.78 is 0. The van der Waals surface area contributed by atoms with Crippen molar-refractivity contribution >= 4 is 5.82 Å². The van der Waals surface area contributed by atoms with E-state index in [0.29, 0.717) is 11.7 Å². The van der Waals surface area contributed by atoms with E-state index < -0.39 is 0 Å². The van der Waals surface area contributed by atoms with Gasteiger partial charge in [0.15, 0.2) is 0 Å². The lowest BCUT2D eigenvalue weighted by Crippen LogP contribution is -2.27. The summed E-state index contributed by atoms with van der Waals surface area (Å²) >= 11 is 0. The number of nitrogen functional groups attached to an aromatic ring is 1. The Morgan fingerprint density at radius 1 is 1.27 bits per heavy atom. The highest BCUT2D eigenvalue weighted by molar-refractivity contribution is 5.43. The summed E-state index contributed by atoms with van der Waals surface area (Å²) in [7, 11) is 0. The molecule has 2 aliphatic rings. The van der Waals surface area contributed by atoms with E-state index in [2.05, 4.69) is 15.3 Å². The molecule has 3 rings (SSSR count). The SMILES string of the molecule is Nc1nc(C2CCC2)nc2c1CNCC2. The Hall–Kier alpha value is -1.16. The molecule has 0 aromatic carbocycles. The van der Waals surface area contributed by atoms with Gasteiger partial charge in [-0.25, -0.2) is 9.97 Å². The Labute approximate surface area is 89.3 Å². The minimum absolute atomic E-state index is 0.576. The number of rotatable bonds is 1. The van der Waals surface area contributed by atoms with Gasteiger partial charge in [0.2, 0.25) is 0 Å². The minimum atomic E-state index is 0.576. The van der Waals surface area contributed by atoms with Gasteiger partial charge in [-0.1, -0.05) is 6.42 Å². The maximum absolute atomic E-state index is 5.97. The second kappa shape index (κ2) is 3.45. The van der Waals surface area contributed by atoms with Crippen LogP contribution < -0.4 is 11.1 Å². The summed E-state index contributed by atoms with van der Waals surface area (Å²) in [4.78, 5) is 9.10. The summed E-state index contributed by atoms with van der Waals surface area (Å²) in [5.74, 6) is 2.25. The van der Waals surface area contributed by atoms with Crippen molar-refractivity contribution in [1.82, 2.24) is 15.3 Å². The van der Waals surface area contributed by atoms with Crippen LogP contribution in [0.3, 0.4) is 0 Å². The van der Waals surface area contributed by atoms with E-state index in [0.717, 1.165) is 30.9 Å². The van der Waals surface area contributed by atoms with Crippen LogP contribution in [0.25, 0.3) is 0 Å². The summed E-state index contributed by atoms with van der Waals surface area (Å²) in [6, 6.07) is 0. The first-order valence-corrected chi connectivity index (χ1v) is 5.70. The van der Waals surface area contributed by atoms with Crippen LogP contribution in [-0.2, 0) is 13.0 Å². The summed E-state index contributed by atoms with van der Waals surface area (Å²) in [5.41, 5.74) is 8.25. The molecular weight excluding hydrogens is 188 g/mol. The molecule has 4 heteroatoms. The average Bonchev–Trinajstić information content (AvgIpc) is 2.15. The van der Waals surface area contributed by atoms with E-state index in [9.17, 15) is 0 Å². The molecule has 3 N–H and O–H groups in total. The third-order valence-corrected chi connectivity index (χ3v) is 3.45. The third kappa shape index (κ3) is 1.49. The lowest BCUT2D eigenvalue weighted by atomic mass is 9.84. The van der Waals surface area contributed by atoms with Crippen molar-refractivity contribution < 1.29 is 0 Å². The van der Waals surface area contributed by atoms with Crippen LogP contribution in [-0.4, -0.2) is 16.5 Å². The molecule has 1 fully saturated rings. The second-order valence-corrected chi connectivity index (χ2v) is 4.45. The van der Waals surface area contributed by atoms with Crippen molar-refractivity contribution in [1.29, 1.82) is 0 Å². The quantitative estimate of drug-likeness (QED) is 0.715. The summed E-state index contributed by atoms with van der Waals surface area (Å²) in [5, 5.41) is 3.30. The number of nitrogens with one attached hydrogen (secondary N) is 1. The van der Waals surface area contributed by atoms with Crippen LogP contribution >= 0.6 is 0 Å². The van der Waals surface area contributed by atoms with Gasteiger partial charge in [-0.3, -0.25) is 0 Å². The molecule has 1 saturated carbocycles. The first-order valence-electron chi connectivity index (χ1n) is 5.70. The van der Waals surface area contributed by atoms with E-state index in [-0.39, 0.29) is 0 Å². The fourth-order valence-corrected chi connectivity index (χ4v) is 2.24. The van der Waals surface area contributed by atoms with Crippen molar-refractivity contribution in [2.45, 2.75) is 38.1 Å². The highest BCUT2D eigenvalue weighted by Gasteiger charge is 2.25. The zero-order valence-electron chi connectivity index (χ0n) is 8.79. The molecule has 0 unspecified atom stereocenters. The molecule has 0 radical (unpaired) electrons. The zero-order chi connectivity index (χ0) is 10.3. The minimum Gasteiger partial charge on any atom is -0.383 e. The standard InChI is InChI=1S/C11H16N4/c12-10-8-6-13-5-4-9(8)14-11(15-10)7-2-1-3-7/h7,13H,1-6H2,(H2,12,14,15). The first-order chi connectivity index (χ1) is 7.34. The zero-order valence-corrected chi connectivity index (χ0v) is 8.79. The molecule has 0 bridgehead atoms. The Morgan fingerprint density at radius 2 is 2.13 bits per heavy atom. The molecule has 0 saturated heterocycles. The predicted molar refractivity (Wildman–Crippen MR) is 58.4 cm³/mol. The van der Waals surface area contributed by atoms with E-state index >= 15 is 0 Å². The number of nitrogens with two attached hydrogens (primary N) is 1. The van der Waals surface area contributed by atoms with Crippen LogP contribution in [0.4, 0.5) is 5.82 Å². The van der Waals surface area contributed by atoms with Crippen LogP contribution in [0.1, 0.15) is 42.3 Å². The normalized spacial score (nSPS) is 20.8. The van der Waals surface area contributed by atoms with Gasteiger partial charge in [-0.2, -0.15) is 0 Å². The van der Waals surface area contributed by atoms with Gasteiger partial charge in [0, 0.05) is 31.0 Å². The average molecular weight is 204 g/mol. The second-order valence-electron chi connectivity index (χ2n) is 4.45. The third-order valence-electron chi connectivity index (χ3n) is 3.45. The number of fused-ring (bicyclic) bond motifs is 1.